The molecule has 4 aliphatic carbocycles. The van der Waals surface area contributed by atoms with Crippen LogP contribution >= 0.6 is 0 Å². The molecule has 60 valence electrons. The van der Waals surface area contributed by atoms with Crippen LogP contribution in [0.1, 0.15) is 33.1 Å². The standard InChI is InChI=1S/C11H16/c1-4-9-10(3)5-8-7(2)11(8,9)6-10/h8-9H,2,4-6H2,1,3H3/t8?,9?,10?,11-/m0/s1. The minimum absolute atomic E-state index is 0.698. The maximum Gasteiger partial charge on any atom is 0.00166 e. The normalized spacial score (nSPS) is 64.0. The summed E-state index contributed by atoms with van der Waals surface area (Å²) in [6, 6.07) is 0. The number of allylic oxidation sites excluding steroid dienone is 1. The van der Waals surface area contributed by atoms with Crippen LogP contribution in [-0.2, 0) is 0 Å². The molecule has 11 heavy (non-hydrogen) atoms. The summed E-state index contributed by atoms with van der Waals surface area (Å²) in [7, 11) is 0. The van der Waals surface area contributed by atoms with Crippen LogP contribution in [0.25, 0.3) is 0 Å². The van der Waals surface area contributed by atoms with Crippen LogP contribution in [0.4, 0.5) is 0 Å². The minimum Gasteiger partial charge on any atom is -0.0990 e. The zero-order valence-corrected chi connectivity index (χ0v) is 7.48. The minimum atomic E-state index is 0.698. The van der Waals surface area contributed by atoms with E-state index < -0.39 is 0 Å². The summed E-state index contributed by atoms with van der Waals surface area (Å²) >= 11 is 0. The average Bonchev–Trinajstić information content (AvgIpc) is 2.36. The maximum atomic E-state index is 4.19. The lowest BCUT2D eigenvalue weighted by Gasteiger charge is -2.49. The zero-order chi connectivity index (χ0) is 7.85. The molecule has 4 saturated carbocycles. The van der Waals surface area contributed by atoms with Gasteiger partial charge in [0.25, 0.3) is 0 Å². The topological polar surface area (TPSA) is 0 Å². The van der Waals surface area contributed by atoms with Gasteiger partial charge in [-0.2, -0.15) is 0 Å². The second-order valence-corrected chi connectivity index (χ2v) is 5.11. The Morgan fingerprint density at radius 3 is 2.73 bits per heavy atom. The smallest absolute Gasteiger partial charge is 0.00166 e. The van der Waals surface area contributed by atoms with E-state index in [4.69, 9.17) is 0 Å². The highest BCUT2D eigenvalue weighted by Crippen LogP contribution is 2.88. The Kier molecular flexibility index (Phi) is 0.753. The molecule has 0 radical (unpaired) electrons. The Hall–Kier alpha value is -0.260. The first-order valence-electron chi connectivity index (χ1n) is 4.84. The van der Waals surface area contributed by atoms with Gasteiger partial charge in [-0.3, -0.25) is 0 Å². The summed E-state index contributed by atoms with van der Waals surface area (Å²) in [6.45, 7) is 9.01. The van der Waals surface area contributed by atoms with Crippen LogP contribution in [0.15, 0.2) is 12.2 Å². The highest BCUT2D eigenvalue weighted by Gasteiger charge is 2.81. The molecule has 4 aliphatic rings. The molecule has 3 unspecified atom stereocenters. The molecule has 0 aromatic rings. The molecule has 4 rings (SSSR count). The van der Waals surface area contributed by atoms with E-state index in [1.54, 1.807) is 5.57 Å². The molecule has 0 amide bonds. The van der Waals surface area contributed by atoms with E-state index >= 15 is 0 Å². The second kappa shape index (κ2) is 1.32. The van der Waals surface area contributed by atoms with Crippen molar-refractivity contribution in [1.29, 1.82) is 0 Å². The fraction of sp³-hybridized carbons (Fsp3) is 0.818. The molecule has 0 nitrogen and oxygen atoms in total. The molecular formula is C11H16. The molecule has 2 bridgehead atoms. The summed E-state index contributed by atoms with van der Waals surface area (Å²) in [5, 5.41) is 0. The van der Waals surface area contributed by atoms with Crippen LogP contribution in [0, 0.1) is 22.7 Å². The Labute approximate surface area is 68.7 Å². The molecule has 0 aromatic heterocycles. The van der Waals surface area contributed by atoms with Gasteiger partial charge >= 0.3 is 0 Å². The third kappa shape index (κ3) is 0.389. The summed E-state index contributed by atoms with van der Waals surface area (Å²) in [5.41, 5.74) is 3.04. The Bertz CT molecular complexity index is 249. The molecule has 0 aliphatic heterocycles. The molecule has 0 N–H and O–H groups in total. The van der Waals surface area contributed by atoms with Crippen LogP contribution in [0.2, 0.25) is 0 Å². The third-order valence-electron chi connectivity index (χ3n) is 4.80. The van der Waals surface area contributed by atoms with Crippen molar-refractivity contribution in [1.82, 2.24) is 0 Å². The molecular weight excluding hydrogens is 132 g/mol. The largest absolute Gasteiger partial charge is 0.0990 e. The van der Waals surface area contributed by atoms with E-state index in [-0.39, 0.29) is 0 Å². The second-order valence-electron chi connectivity index (χ2n) is 5.11. The van der Waals surface area contributed by atoms with Crippen molar-refractivity contribution in [2.24, 2.45) is 22.7 Å². The van der Waals surface area contributed by atoms with E-state index in [0.717, 1.165) is 17.3 Å². The number of hydrogen-bond acceptors (Lipinski definition) is 0. The van der Waals surface area contributed by atoms with Gasteiger partial charge in [0.1, 0.15) is 0 Å². The third-order valence-corrected chi connectivity index (χ3v) is 4.80. The maximum absolute atomic E-state index is 4.19. The van der Waals surface area contributed by atoms with Crippen LogP contribution < -0.4 is 0 Å². The van der Waals surface area contributed by atoms with Gasteiger partial charge in [0.15, 0.2) is 0 Å². The van der Waals surface area contributed by atoms with Crippen molar-refractivity contribution < 1.29 is 0 Å². The van der Waals surface area contributed by atoms with Crippen molar-refractivity contribution in [3.8, 4) is 0 Å². The van der Waals surface area contributed by atoms with Gasteiger partial charge in [0.05, 0.1) is 0 Å². The van der Waals surface area contributed by atoms with Gasteiger partial charge in [-0.15, -0.1) is 0 Å². The van der Waals surface area contributed by atoms with Crippen molar-refractivity contribution >= 4 is 0 Å². The van der Waals surface area contributed by atoms with Gasteiger partial charge in [0.2, 0.25) is 0 Å². The van der Waals surface area contributed by atoms with Gasteiger partial charge in [0, 0.05) is 5.41 Å². The molecule has 0 saturated heterocycles. The van der Waals surface area contributed by atoms with Gasteiger partial charge < -0.3 is 0 Å². The van der Waals surface area contributed by atoms with Crippen LogP contribution in [-0.4, -0.2) is 0 Å². The SMILES string of the molecule is C=C1C2CC3(C)C[C@]12C3CC. The summed E-state index contributed by atoms with van der Waals surface area (Å²) in [4.78, 5) is 0. The van der Waals surface area contributed by atoms with E-state index in [1.807, 2.05) is 0 Å². The highest BCUT2D eigenvalue weighted by molar-refractivity contribution is 5.48. The molecule has 0 heteroatoms. The Morgan fingerprint density at radius 2 is 2.36 bits per heavy atom. The van der Waals surface area contributed by atoms with Crippen LogP contribution in [0.3, 0.4) is 0 Å². The van der Waals surface area contributed by atoms with Crippen molar-refractivity contribution in [2.45, 2.75) is 33.1 Å². The molecule has 4 atom stereocenters. The first kappa shape index (κ1) is 6.28. The van der Waals surface area contributed by atoms with Gasteiger partial charge in [-0.1, -0.05) is 32.4 Å². The zero-order valence-electron chi connectivity index (χ0n) is 7.48. The van der Waals surface area contributed by atoms with E-state index in [1.165, 1.54) is 19.3 Å². The van der Waals surface area contributed by atoms with Gasteiger partial charge in [-0.25, -0.2) is 0 Å². The molecule has 4 fully saturated rings. The Balaban J connectivity index is 2.03. The van der Waals surface area contributed by atoms with Gasteiger partial charge in [-0.05, 0) is 30.1 Å². The molecule has 1 spiro atoms. The summed E-state index contributed by atoms with van der Waals surface area (Å²) < 4.78 is 0. The fourth-order valence-corrected chi connectivity index (χ4v) is 4.49. The lowest BCUT2D eigenvalue weighted by atomic mass is 9.55. The van der Waals surface area contributed by atoms with Crippen molar-refractivity contribution in [3.05, 3.63) is 12.2 Å². The van der Waals surface area contributed by atoms with E-state index in [0.29, 0.717) is 5.41 Å². The predicted octanol–water partition coefficient (Wildman–Crippen LogP) is 3.00. The molecule has 0 aromatic carbocycles. The Morgan fingerprint density at radius 1 is 1.64 bits per heavy atom. The number of hydrogen-bond donors (Lipinski definition) is 0. The van der Waals surface area contributed by atoms with Crippen molar-refractivity contribution in [2.75, 3.05) is 0 Å². The van der Waals surface area contributed by atoms with Crippen molar-refractivity contribution in [3.63, 3.8) is 0 Å². The van der Waals surface area contributed by atoms with E-state index in [9.17, 15) is 0 Å². The monoisotopic (exact) mass is 148 g/mol. The quantitative estimate of drug-likeness (QED) is 0.501. The first-order chi connectivity index (χ1) is 5.15. The highest BCUT2D eigenvalue weighted by atomic mass is 14.8. The summed E-state index contributed by atoms with van der Waals surface area (Å²) in [6.07, 6.45) is 4.32. The number of rotatable bonds is 1. The first-order valence-corrected chi connectivity index (χ1v) is 4.84. The van der Waals surface area contributed by atoms with E-state index in [2.05, 4.69) is 20.4 Å². The van der Waals surface area contributed by atoms with Crippen LogP contribution in [0.5, 0.6) is 0 Å². The average molecular weight is 148 g/mol. The fourth-order valence-electron chi connectivity index (χ4n) is 4.49. The lowest BCUT2D eigenvalue weighted by Crippen LogP contribution is -2.42. The molecule has 0 heterocycles. The summed E-state index contributed by atoms with van der Waals surface area (Å²) in [5.74, 6) is 1.96. The lowest BCUT2D eigenvalue weighted by molar-refractivity contribution is 0.0117. The predicted molar refractivity (Wildman–Crippen MR) is 46.2 cm³/mol.